The first-order valence-corrected chi connectivity index (χ1v) is 7.90. The number of nitrogens with one attached hydrogen (secondary N) is 1. The second kappa shape index (κ2) is 8.61. The molecule has 0 aromatic heterocycles. The molecule has 21 heavy (non-hydrogen) atoms. The summed E-state index contributed by atoms with van der Waals surface area (Å²) in [4.78, 5) is 0. The molecule has 0 saturated heterocycles. The molecule has 0 unspecified atom stereocenters. The average molecular weight is 360 g/mol. The van der Waals surface area contributed by atoms with Gasteiger partial charge in [0.15, 0.2) is 11.5 Å². The third-order valence-electron chi connectivity index (χ3n) is 2.97. The van der Waals surface area contributed by atoms with Crippen molar-refractivity contribution in [3.63, 3.8) is 0 Å². The minimum atomic E-state index is 0.135. The third kappa shape index (κ3) is 6.68. The predicted molar refractivity (Wildman–Crippen MR) is 89.5 cm³/mol. The molecule has 0 fully saturated rings. The van der Waals surface area contributed by atoms with Gasteiger partial charge in [0.05, 0.1) is 27.4 Å². The Morgan fingerprint density at radius 2 is 1.67 bits per heavy atom. The topological polar surface area (TPSA) is 39.7 Å². The molecule has 5 heteroatoms. The van der Waals surface area contributed by atoms with Crippen LogP contribution >= 0.6 is 15.9 Å². The van der Waals surface area contributed by atoms with Gasteiger partial charge in [-0.1, -0.05) is 15.9 Å². The van der Waals surface area contributed by atoms with Crippen molar-refractivity contribution in [1.82, 2.24) is 5.32 Å². The summed E-state index contributed by atoms with van der Waals surface area (Å²) in [5.74, 6) is 1.47. The average Bonchev–Trinajstić information content (AvgIpc) is 2.42. The van der Waals surface area contributed by atoms with Crippen molar-refractivity contribution in [1.29, 1.82) is 0 Å². The Bertz CT molecular complexity index is 444. The van der Waals surface area contributed by atoms with Crippen LogP contribution in [0.4, 0.5) is 0 Å². The zero-order chi connectivity index (χ0) is 15.9. The Hall–Kier alpha value is -0.780. The van der Waals surface area contributed by atoms with Crippen molar-refractivity contribution < 1.29 is 14.2 Å². The molecule has 4 nitrogen and oxygen atoms in total. The Morgan fingerprint density at radius 1 is 1.05 bits per heavy atom. The number of rotatable bonds is 8. The zero-order valence-electron chi connectivity index (χ0n) is 13.6. The lowest BCUT2D eigenvalue weighted by molar-refractivity contribution is 0.133. The first kappa shape index (κ1) is 18.3. The molecule has 0 bridgehead atoms. The van der Waals surface area contributed by atoms with E-state index in [1.165, 1.54) is 0 Å². The van der Waals surface area contributed by atoms with E-state index in [9.17, 15) is 0 Å². The largest absolute Gasteiger partial charge is 0.493 e. The highest BCUT2D eigenvalue weighted by atomic mass is 79.9. The molecular weight excluding hydrogens is 334 g/mol. The third-order valence-corrected chi connectivity index (χ3v) is 3.71. The molecule has 0 heterocycles. The highest BCUT2D eigenvalue weighted by molar-refractivity contribution is 9.10. The van der Waals surface area contributed by atoms with Gasteiger partial charge in [0.1, 0.15) is 0 Å². The van der Waals surface area contributed by atoms with Crippen LogP contribution in [-0.2, 0) is 11.2 Å². The van der Waals surface area contributed by atoms with Crippen molar-refractivity contribution in [2.24, 2.45) is 0 Å². The summed E-state index contributed by atoms with van der Waals surface area (Å²) >= 11 is 3.56. The molecule has 0 aliphatic rings. The number of hydrogen-bond acceptors (Lipinski definition) is 4. The van der Waals surface area contributed by atoms with Crippen molar-refractivity contribution in [3.8, 4) is 11.5 Å². The van der Waals surface area contributed by atoms with Gasteiger partial charge in [-0.15, -0.1) is 0 Å². The lowest BCUT2D eigenvalue weighted by atomic mass is 10.1. The molecule has 1 aromatic rings. The van der Waals surface area contributed by atoms with Gasteiger partial charge in [0, 0.05) is 16.6 Å². The number of hydrogen-bond donors (Lipinski definition) is 1. The van der Waals surface area contributed by atoms with E-state index in [-0.39, 0.29) is 5.54 Å². The zero-order valence-corrected chi connectivity index (χ0v) is 15.2. The van der Waals surface area contributed by atoms with E-state index >= 15 is 0 Å². The smallest absolute Gasteiger partial charge is 0.161 e. The number of ether oxygens (including phenoxy) is 3. The van der Waals surface area contributed by atoms with Gasteiger partial charge in [-0.25, -0.2) is 0 Å². The van der Waals surface area contributed by atoms with Crippen LogP contribution in [0, 0.1) is 0 Å². The fraction of sp³-hybridized carbons (Fsp3) is 0.625. The second-order valence-electron chi connectivity index (χ2n) is 5.84. The van der Waals surface area contributed by atoms with E-state index in [0.29, 0.717) is 13.2 Å². The standard InChI is InChI=1S/C16H26BrNO3/c1-16(2,3)18-7-9-21-8-6-12-10-14(19-4)15(20-5)11-13(12)17/h10-11,18H,6-9H2,1-5H3. The van der Waals surface area contributed by atoms with Crippen molar-refractivity contribution in [2.45, 2.75) is 32.7 Å². The molecule has 0 radical (unpaired) electrons. The molecule has 0 spiro atoms. The maximum Gasteiger partial charge on any atom is 0.161 e. The van der Waals surface area contributed by atoms with Crippen molar-refractivity contribution in [3.05, 3.63) is 22.2 Å². The fourth-order valence-corrected chi connectivity index (χ4v) is 2.39. The summed E-state index contributed by atoms with van der Waals surface area (Å²) in [5.41, 5.74) is 1.28. The van der Waals surface area contributed by atoms with Gasteiger partial charge in [0.2, 0.25) is 0 Å². The maximum atomic E-state index is 5.66. The van der Waals surface area contributed by atoms with E-state index in [0.717, 1.165) is 34.5 Å². The van der Waals surface area contributed by atoms with Crippen molar-refractivity contribution in [2.75, 3.05) is 34.0 Å². The summed E-state index contributed by atoms with van der Waals surface area (Å²) < 4.78 is 17.3. The number of halogens is 1. The van der Waals surface area contributed by atoms with E-state index in [4.69, 9.17) is 14.2 Å². The Kier molecular flexibility index (Phi) is 7.49. The first-order valence-electron chi connectivity index (χ1n) is 7.10. The monoisotopic (exact) mass is 359 g/mol. The van der Waals surface area contributed by atoms with Crippen LogP contribution in [0.1, 0.15) is 26.3 Å². The minimum absolute atomic E-state index is 0.135. The van der Waals surface area contributed by atoms with Crippen LogP contribution in [0.3, 0.4) is 0 Å². The maximum absolute atomic E-state index is 5.66. The summed E-state index contributed by atoms with van der Waals surface area (Å²) in [5, 5.41) is 3.39. The quantitative estimate of drug-likeness (QED) is 0.722. The van der Waals surface area contributed by atoms with Gasteiger partial charge >= 0.3 is 0 Å². The molecule has 0 amide bonds. The summed E-state index contributed by atoms with van der Waals surface area (Å²) in [6.07, 6.45) is 0.830. The van der Waals surface area contributed by atoms with Gasteiger partial charge < -0.3 is 19.5 Å². The van der Waals surface area contributed by atoms with Gasteiger partial charge in [-0.3, -0.25) is 0 Å². The molecule has 0 atom stereocenters. The minimum Gasteiger partial charge on any atom is -0.493 e. The lowest BCUT2D eigenvalue weighted by Gasteiger charge is -2.20. The van der Waals surface area contributed by atoms with Crippen LogP contribution in [-0.4, -0.2) is 39.5 Å². The van der Waals surface area contributed by atoms with Gasteiger partial charge in [-0.05, 0) is 44.9 Å². The molecule has 1 aromatic carbocycles. The predicted octanol–water partition coefficient (Wildman–Crippen LogP) is 3.41. The van der Waals surface area contributed by atoms with Crippen LogP contribution in [0.5, 0.6) is 11.5 Å². The summed E-state index contributed by atoms with van der Waals surface area (Å²) in [6, 6.07) is 3.91. The van der Waals surface area contributed by atoms with Gasteiger partial charge in [0.25, 0.3) is 0 Å². The molecule has 0 saturated carbocycles. The van der Waals surface area contributed by atoms with E-state index in [1.54, 1.807) is 14.2 Å². The molecular formula is C16H26BrNO3. The fourth-order valence-electron chi connectivity index (χ4n) is 1.87. The molecule has 1 rings (SSSR count). The molecule has 120 valence electrons. The van der Waals surface area contributed by atoms with Crippen molar-refractivity contribution >= 4 is 15.9 Å². The normalized spacial score (nSPS) is 11.5. The van der Waals surface area contributed by atoms with E-state index < -0.39 is 0 Å². The Labute approximate surface area is 136 Å². The Morgan fingerprint density at radius 3 is 2.24 bits per heavy atom. The van der Waals surface area contributed by atoms with Crippen LogP contribution in [0.2, 0.25) is 0 Å². The summed E-state index contributed by atoms with van der Waals surface area (Å²) in [7, 11) is 3.28. The molecule has 1 N–H and O–H groups in total. The molecule has 0 aliphatic carbocycles. The van der Waals surface area contributed by atoms with Crippen LogP contribution < -0.4 is 14.8 Å². The van der Waals surface area contributed by atoms with E-state index in [2.05, 4.69) is 42.0 Å². The van der Waals surface area contributed by atoms with Gasteiger partial charge in [-0.2, -0.15) is 0 Å². The van der Waals surface area contributed by atoms with Crippen LogP contribution in [0.15, 0.2) is 16.6 Å². The second-order valence-corrected chi connectivity index (χ2v) is 6.69. The highest BCUT2D eigenvalue weighted by Gasteiger charge is 2.10. The highest BCUT2D eigenvalue weighted by Crippen LogP contribution is 2.33. The SMILES string of the molecule is COc1cc(Br)c(CCOCCNC(C)(C)C)cc1OC. The first-order chi connectivity index (χ1) is 9.87. The Balaban J connectivity index is 2.42. The van der Waals surface area contributed by atoms with E-state index in [1.807, 2.05) is 12.1 Å². The van der Waals surface area contributed by atoms with Crippen LogP contribution in [0.25, 0.3) is 0 Å². The number of benzene rings is 1. The summed E-state index contributed by atoms with van der Waals surface area (Å²) in [6.45, 7) is 8.69. The molecule has 0 aliphatic heterocycles. The number of methoxy groups -OCH3 is 2. The lowest BCUT2D eigenvalue weighted by Crippen LogP contribution is -2.38.